The number of carbonyl (C=O) groups is 1. The van der Waals surface area contributed by atoms with Crippen LogP contribution in [0.2, 0.25) is 0 Å². The Kier molecular flexibility index (Phi) is 5.57. The minimum absolute atomic E-state index is 0.267. The van der Waals surface area contributed by atoms with E-state index in [4.69, 9.17) is 5.26 Å². The van der Waals surface area contributed by atoms with Crippen LogP contribution < -0.4 is 15.5 Å². The third-order valence-corrected chi connectivity index (χ3v) is 4.95. The van der Waals surface area contributed by atoms with Gasteiger partial charge < -0.3 is 15.5 Å². The molecule has 4 rings (SSSR count). The van der Waals surface area contributed by atoms with E-state index >= 15 is 0 Å². The van der Waals surface area contributed by atoms with Crippen molar-refractivity contribution in [2.45, 2.75) is 19.8 Å². The highest BCUT2D eigenvalue weighted by Crippen LogP contribution is 2.24. The molecule has 1 fully saturated rings. The second kappa shape index (κ2) is 8.62. The Labute approximate surface area is 175 Å². The minimum atomic E-state index is -0.336. The first kappa shape index (κ1) is 19.4. The fourth-order valence-electron chi connectivity index (χ4n) is 3.45. The van der Waals surface area contributed by atoms with Gasteiger partial charge in [-0.2, -0.15) is 5.26 Å². The number of hydrogen-bond donors (Lipinski definition) is 2. The molecule has 2 aromatic carbocycles. The predicted molar refractivity (Wildman–Crippen MR) is 117 cm³/mol. The number of carbonyl (C=O) groups excluding carboxylic acids is 1. The number of benzene rings is 2. The van der Waals surface area contributed by atoms with Crippen LogP contribution in [0.4, 0.5) is 22.9 Å². The topological polar surface area (TPSA) is 93.9 Å². The molecular formula is C23H22N6O. The van der Waals surface area contributed by atoms with Gasteiger partial charge >= 0.3 is 0 Å². The van der Waals surface area contributed by atoms with Crippen LogP contribution in [0.15, 0.2) is 54.6 Å². The molecule has 1 amide bonds. The number of aromatic nitrogens is 2. The van der Waals surface area contributed by atoms with Gasteiger partial charge in [0.15, 0.2) is 0 Å². The molecule has 0 atom stereocenters. The van der Waals surface area contributed by atoms with Crippen LogP contribution in [0.1, 0.15) is 34.7 Å². The summed E-state index contributed by atoms with van der Waals surface area (Å²) >= 11 is 0. The summed E-state index contributed by atoms with van der Waals surface area (Å²) in [5.41, 5.74) is 3.52. The van der Waals surface area contributed by atoms with Gasteiger partial charge in [0.05, 0.1) is 11.6 Å². The maximum atomic E-state index is 12.6. The molecule has 7 heteroatoms. The second-order valence-electron chi connectivity index (χ2n) is 7.19. The monoisotopic (exact) mass is 398 g/mol. The van der Waals surface area contributed by atoms with E-state index in [1.165, 1.54) is 18.5 Å². The van der Waals surface area contributed by atoms with Crippen molar-refractivity contribution in [3.8, 4) is 6.07 Å². The maximum Gasteiger partial charge on any atom is 0.274 e. The Morgan fingerprint density at radius 3 is 2.33 bits per heavy atom. The van der Waals surface area contributed by atoms with E-state index in [0.29, 0.717) is 22.9 Å². The molecule has 150 valence electrons. The molecule has 3 aromatic rings. The first-order chi connectivity index (χ1) is 14.6. The number of aryl methyl sites for hydroxylation is 1. The second-order valence-corrected chi connectivity index (χ2v) is 7.19. The van der Waals surface area contributed by atoms with Gasteiger partial charge in [-0.25, -0.2) is 9.97 Å². The highest BCUT2D eigenvalue weighted by atomic mass is 16.1. The molecule has 7 nitrogen and oxygen atoms in total. The van der Waals surface area contributed by atoms with E-state index in [1.807, 2.05) is 12.1 Å². The van der Waals surface area contributed by atoms with Crippen molar-refractivity contribution in [1.29, 1.82) is 5.26 Å². The van der Waals surface area contributed by atoms with E-state index in [-0.39, 0.29) is 11.6 Å². The fourth-order valence-corrected chi connectivity index (χ4v) is 3.45. The molecule has 1 aromatic heterocycles. The van der Waals surface area contributed by atoms with Gasteiger partial charge in [-0.05, 0) is 68.3 Å². The molecule has 2 heterocycles. The van der Waals surface area contributed by atoms with Crippen molar-refractivity contribution in [2.75, 3.05) is 28.6 Å². The highest BCUT2D eigenvalue weighted by Gasteiger charge is 2.13. The van der Waals surface area contributed by atoms with Crippen molar-refractivity contribution < 1.29 is 4.79 Å². The third kappa shape index (κ3) is 4.55. The molecule has 0 unspecified atom stereocenters. The number of nitrogens with one attached hydrogen (secondary N) is 2. The molecule has 0 radical (unpaired) electrons. The Balaban J connectivity index is 1.47. The van der Waals surface area contributed by atoms with Crippen molar-refractivity contribution >= 4 is 28.8 Å². The minimum Gasteiger partial charge on any atom is -0.372 e. The summed E-state index contributed by atoms with van der Waals surface area (Å²) in [5.74, 6) is 0.720. The van der Waals surface area contributed by atoms with Crippen LogP contribution in [0.25, 0.3) is 0 Å². The summed E-state index contributed by atoms with van der Waals surface area (Å²) in [6, 6.07) is 18.6. The van der Waals surface area contributed by atoms with Gasteiger partial charge in [-0.1, -0.05) is 0 Å². The molecular weight excluding hydrogens is 376 g/mol. The van der Waals surface area contributed by atoms with Crippen molar-refractivity contribution in [3.05, 3.63) is 71.7 Å². The number of nitriles is 1. The van der Waals surface area contributed by atoms with Crippen LogP contribution in [0.3, 0.4) is 0 Å². The molecule has 0 spiro atoms. The normalized spacial score (nSPS) is 13.0. The smallest absolute Gasteiger partial charge is 0.274 e. The third-order valence-electron chi connectivity index (χ3n) is 4.95. The summed E-state index contributed by atoms with van der Waals surface area (Å²) in [5, 5.41) is 14.9. The summed E-state index contributed by atoms with van der Waals surface area (Å²) in [4.78, 5) is 23.6. The van der Waals surface area contributed by atoms with E-state index in [0.717, 1.165) is 18.8 Å². The van der Waals surface area contributed by atoms with E-state index in [2.05, 4.69) is 43.7 Å². The SMILES string of the molecule is Cc1nc(Nc2ccc(N3CCCC3)cc2)cc(C(=O)Nc2ccc(C#N)cc2)n1. The zero-order valence-electron chi connectivity index (χ0n) is 16.7. The summed E-state index contributed by atoms with van der Waals surface area (Å²) < 4.78 is 0. The van der Waals surface area contributed by atoms with E-state index in [9.17, 15) is 4.79 Å². The zero-order chi connectivity index (χ0) is 20.9. The number of hydrogen-bond acceptors (Lipinski definition) is 6. The van der Waals surface area contributed by atoms with Crippen LogP contribution in [0.5, 0.6) is 0 Å². The predicted octanol–water partition coefficient (Wildman–Crippen LogP) is 4.25. The van der Waals surface area contributed by atoms with Gasteiger partial charge in [0.25, 0.3) is 5.91 Å². The number of amides is 1. The molecule has 1 aliphatic rings. The lowest BCUT2D eigenvalue weighted by atomic mass is 10.2. The Morgan fingerprint density at radius 1 is 1.00 bits per heavy atom. The van der Waals surface area contributed by atoms with Gasteiger partial charge in [0.2, 0.25) is 0 Å². The highest BCUT2D eigenvalue weighted by molar-refractivity contribution is 6.03. The first-order valence-electron chi connectivity index (χ1n) is 9.90. The average Bonchev–Trinajstić information content (AvgIpc) is 3.29. The Bertz CT molecular complexity index is 1080. The van der Waals surface area contributed by atoms with Crippen molar-refractivity contribution in [3.63, 3.8) is 0 Å². The van der Waals surface area contributed by atoms with Gasteiger partial charge in [-0.15, -0.1) is 0 Å². The average molecular weight is 398 g/mol. The van der Waals surface area contributed by atoms with Crippen molar-refractivity contribution in [2.24, 2.45) is 0 Å². The number of anilines is 4. The molecule has 0 saturated carbocycles. The lowest BCUT2D eigenvalue weighted by molar-refractivity contribution is 0.102. The fraction of sp³-hybridized carbons (Fsp3) is 0.217. The van der Waals surface area contributed by atoms with E-state index in [1.54, 1.807) is 37.3 Å². The van der Waals surface area contributed by atoms with Crippen LogP contribution in [-0.4, -0.2) is 29.0 Å². The maximum absolute atomic E-state index is 12.6. The quantitative estimate of drug-likeness (QED) is 0.667. The van der Waals surface area contributed by atoms with Gasteiger partial charge in [-0.3, -0.25) is 4.79 Å². The van der Waals surface area contributed by atoms with Crippen LogP contribution in [-0.2, 0) is 0 Å². The van der Waals surface area contributed by atoms with Gasteiger partial charge in [0.1, 0.15) is 17.3 Å². The zero-order valence-corrected chi connectivity index (χ0v) is 16.7. The van der Waals surface area contributed by atoms with Gasteiger partial charge in [0, 0.05) is 36.2 Å². The standard InChI is InChI=1S/C23H22N6O/c1-16-25-21(23(30)28-19-6-4-17(15-24)5-7-19)14-22(26-16)27-18-8-10-20(11-9-18)29-12-2-3-13-29/h4-11,14H,2-3,12-13H2,1H3,(H,28,30)(H,25,26,27). The first-order valence-corrected chi connectivity index (χ1v) is 9.90. The summed E-state index contributed by atoms with van der Waals surface area (Å²) in [6.07, 6.45) is 2.49. The van der Waals surface area contributed by atoms with Crippen molar-refractivity contribution in [1.82, 2.24) is 9.97 Å². The molecule has 30 heavy (non-hydrogen) atoms. The lowest BCUT2D eigenvalue weighted by Crippen LogP contribution is -2.17. The van der Waals surface area contributed by atoms with Crippen LogP contribution in [0, 0.1) is 18.3 Å². The Morgan fingerprint density at radius 2 is 1.67 bits per heavy atom. The number of nitrogens with zero attached hydrogens (tertiary/aromatic N) is 4. The lowest BCUT2D eigenvalue weighted by Gasteiger charge is -2.18. The van der Waals surface area contributed by atoms with Crippen LogP contribution >= 0.6 is 0 Å². The molecule has 0 bridgehead atoms. The molecule has 2 N–H and O–H groups in total. The van der Waals surface area contributed by atoms with E-state index < -0.39 is 0 Å². The largest absolute Gasteiger partial charge is 0.372 e. The molecule has 1 aliphatic heterocycles. The summed E-state index contributed by atoms with van der Waals surface area (Å²) in [6.45, 7) is 3.96. The molecule has 0 aliphatic carbocycles. The summed E-state index contributed by atoms with van der Waals surface area (Å²) in [7, 11) is 0. The Hall–Kier alpha value is -3.92. The number of rotatable bonds is 5. The molecule has 1 saturated heterocycles.